The molecule has 6 heteroatoms. The van der Waals surface area contributed by atoms with Crippen LogP contribution in [0.5, 0.6) is 0 Å². The maximum Gasteiger partial charge on any atom is 0.138 e. The second kappa shape index (κ2) is 2.63. The van der Waals surface area contributed by atoms with E-state index in [1.807, 2.05) is 0 Å². The third-order valence-electron chi connectivity index (χ3n) is 1.92. The van der Waals surface area contributed by atoms with E-state index < -0.39 is 0 Å². The molecule has 14 heavy (non-hydrogen) atoms. The van der Waals surface area contributed by atoms with Gasteiger partial charge in [-0.05, 0) is 12.1 Å². The molecule has 3 aromatic rings. The highest BCUT2D eigenvalue weighted by molar-refractivity contribution is 5.98. The summed E-state index contributed by atoms with van der Waals surface area (Å²) in [6, 6.07) is 3.60. The molecular weight excluding hydrogens is 180 g/mol. The van der Waals surface area contributed by atoms with E-state index in [1.165, 1.54) is 12.7 Å². The summed E-state index contributed by atoms with van der Waals surface area (Å²) in [5.41, 5.74) is 2.82. The number of fused-ring (bicyclic) bond motifs is 3. The van der Waals surface area contributed by atoms with Crippen LogP contribution in [0.25, 0.3) is 22.1 Å². The van der Waals surface area contributed by atoms with E-state index in [4.69, 9.17) is 0 Å². The first-order valence-corrected chi connectivity index (χ1v) is 3.99. The average Bonchev–Trinajstić information content (AvgIpc) is 2.29. The summed E-state index contributed by atoms with van der Waals surface area (Å²) >= 11 is 0. The molecule has 0 aliphatic heterocycles. The van der Waals surface area contributed by atoms with Gasteiger partial charge in [0.05, 0.1) is 0 Å². The molecule has 0 N–H and O–H groups in total. The molecule has 3 rings (SSSR count). The molecule has 0 unspecified atom stereocenters. The smallest absolute Gasteiger partial charge is 0.138 e. The van der Waals surface area contributed by atoms with Gasteiger partial charge in [0.15, 0.2) is 0 Å². The van der Waals surface area contributed by atoms with Gasteiger partial charge in [0.2, 0.25) is 0 Å². The quantitative estimate of drug-likeness (QED) is 0.469. The highest BCUT2D eigenvalue weighted by Crippen LogP contribution is 2.16. The van der Waals surface area contributed by atoms with Gasteiger partial charge >= 0.3 is 0 Å². The second-order valence-corrected chi connectivity index (χ2v) is 2.72. The molecular formula is C8H4N6. The van der Waals surface area contributed by atoms with Gasteiger partial charge in [-0.15, -0.1) is 20.4 Å². The lowest BCUT2D eigenvalue weighted by atomic mass is 10.2. The number of hydrogen-bond acceptors (Lipinski definition) is 6. The van der Waals surface area contributed by atoms with Crippen LogP contribution in [-0.2, 0) is 0 Å². The zero-order chi connectivity index (χ0) is 9.38. The van der Waals surface area contributed by atoms with Gasteiger partial charge in [-0.3, -0.25) is 0 Å². The van der Waals surface area contributed by atoms with Gasteiger partial charge < -0.3 is 0 Å². The van der Waals surface area contributed by atoms with Gasteiger partial charge in [0.25, 0.3) is 0 Å². The molecule has 1 aromatic carbocycles. The first-order chi connectivity index (χ1) is 6.95. The van der Waals surface area contributed by atoms with Crippen LogP contribution >= 0.6 is 0 Å². The van der Waals surface area contributed by atoms with Gasteiger partial charge in [-0.25, -0.2) is 9.97 Å². The number of hydrogen-bond donors (Lipinski definition) is 0. The average molecular weight is 184 g/mol. The second-order valence-electron chi connectivity index (χ2n) is 2.72. The Morgan fingerprint density at radius 2 is 1.21 bits per heavy atom. The van der Waals surface area contributed by atoms with Crippen LogP contribution in [0, 0.1) is 0 Å². The zero-order valence-corrected chi connectivity index (χ0v) is 6.99. The Hall–Kier alpha value is -2.24. The Morgan fingerprint density at radius 3 is 1.71 bits per heavy atom. The van der Waals surface area contributed by atoms with Crippen LogP contribution in [0.1, 0.15) is 0 Å². The summed E-state index contributed by atoms with van der Waals surface area (Å²) in [6.07, 6.45) is 2.79. The van der Waals surface area contributed by atoms with Crippen molar-refractivity contribution in [1.29, 1.82) is 0 Å². The lowest BCUT2D eigenvalue weighted by Crippen LogP contribution is -1.92. The van der Waals surface area contributed by atoms with Crippen molar-refractivity contribution in [2.24, 2.45) is 0 Å². The predicted octanol–water partition coefficient (Wildman–Crippen LogP) is 0.363. The fraction of sp³-hybridized carbons (Fsp3) is 0. The maximum atomic E-state index is 4.11. The van der Waals surface area contributed by atoms with E-state index in [1.54, 1.807) is 12.1 Å². The molecule has 2 heterocycles. The Kier molecular flexibility index (Phi) is 1.35. The van der Waals surface area contributed by atoms with Gasteiger partial charge in [-0.2, -0.15) is 0 Å². The van der Waals surface area contributed by atoms with Crippen LogP contribution in [-0.4, -0.2) is 30.4 Å². The van der Waals surface area contributed by atoms with Crippen molar-refractivity contribution < 1.29 is 0 Å². The Bertz CT molecular complexity index is 553. The number of nitrogens with zero attached hydrogens (tertiary/aromatic N) is 6. The largest absolute Gasteiger partial charge is 0.230 e. The number of rotatable bonds is 0. The highest BCUT2D eigenvalue weighted by atomic mass is 15.1. The third-order valence-corrected chi connectivity index (χ3v) is 1.92. The van der Waals surface area contributed by atoms with E-state index in [9.17, 15) is 0 Å². The minimum atomic E-state index is 0.701. The number of aromatic nitrogens is 6. The molecule has 66 valence electrons. The lowest BCUT2D eigenvalue weighted by molar-refractivity contribution is 1.01. The maximum absolute atomic E-state index is 4.11. The van der Waals surface area contributed by atoms with E-state index in [-0.39, 0.29) is 0 Å². The topological polar surface area (TPSA) is 77.3 Å². The molecule has 0 spiro atoms. The molecule has 0 atom stereocenters. The lowest BCUT2D eigenvalue weighted by Gasteiger charge is -1.97. The van der Waals surface area contributed by atoms with Crippen molar-refractivity contribution in [3.63, 3.8) is 0 Å². The molecule has 0 amide bonds. The highest BCUT2D eigenvalue weighted by Gasteiger charge is 2.03. The zero-order valence-electron chi connectivity index (χ0n) is 6.99. The van der Waals surface area contributed by atoms with Gasteiger partial charge in [-0.1, -0.05) is 0 Å². The van der Waals surface area contributed by atoms with E-state index in [2.05, 4.69) is 30.4 Å². The van der Waals surface area contributed by atoms with Crippen LogP contribution in [0.15, 0.2) is 24.8 Å². The normalized spacial score (nSPS) is 10.9. The van der Waals surface area contributed by atoms with Gasteiger partial charge in [0, 0.05) is 0 Å². The third kappa shape index (κ3) is 0.905. The Morgan fingerprint density at radius 1 is 0.714 bits per heavy atom. The molecule has 0 radical (unpaired) electrons. The molecule has 0 aliphatic carbocycles. The Labute approximate surface area is 78.0 Å². The molecule has 2 aromatic heterocycles. The minimum Gasteiger partial charge on any atom is -0.230 e. The first kappa shape index (κ1) is 7.19. The fourth-order valence-electron chi connectivity index (χ4n) is 1.32. The number of benzene rings is 1. The minimum absolute atomic E-state index is 0.701. The molecule has 6 nitrogen and oxygen atoms in total. The van der Waals surface area contributed by atoms with Crippen LogP contribution in [0.3, 0.4) is 0 Å². The predicted molar refractivity (Wildman–Crippen MR) is 48.2 cm³/mol. The monoisotopic (exact) mass is 184 g/mol. The molecule has 0 bridgehead atoms. The summed E-state index contributed by atoms with van der Waals surface area (Å²) in [5.74, 6) is 0. The molecule has 0 saturated heterocycles. The molecule has 0 saturated carbocycles. The molecule has 0 aliphatic rings. The van der Waals surface area contributed by atoms with Crippen LogP contribution in [0.4, 0.5) is 0 Å². The first-order valence-electron chi connectivity index (χ1n) is 3.99. The molecule has 0 fully saturated rings. The van der Waals surface area contributed by atoms with E-state index in [0.717, 1.165) is 0 Å². The van der Waals surface area contributed by atoms with Crippen molar-refractivity contribution in [2.45, 2.75) is 0 Å². The van der Waals surface area contributed by atoms with Crippen LogP contribution < -0.4 is 0 Å². The van der Waals surface area contributed by atoms with Gasteiger partial charge in [0.1, 0.15) is 34.7 Å². The summed E-state index contributed by atoms with van der Waals surface area (Å²) in [6.45, 7) is 0. The summed E-state index contributed by atoms with van der Waals surface area (Å²) in [7, 11) is 0. The van der Waals surface area contributed by atoms with E-state index in [0.29, 0.717) is 22.1 Å². The Balaban J connectivity index is 2.61. The van der Waals surface area contributed by atoms with Crippen molar-refractivity contribution in [1.82, 2.24) is 30.4 Å². The summed E-state index contributed by atoms with van der Waals surface area (Å²) in [5, 5.41) is 15.3. The summed E-state index contributed by atoms with van der Waals surface area (Å²) in [4.78, 5) is 8.21. The van der Waals surface area contributed by atoms with Crippen molar-refractivity contribution in [2.75, 3.05) is 0 Å². The standard InChI is InChI=1S/C8H4N6/c1-2-6-8(10-4-12-14-6)7-5(1)13-11-3-9-7/h1-4H. The van der Waals surface area contributed by atoms with Crippen LogP contribution in [0.2, 0.25) is 0 Å². The van der Waals surface area contributed by atoms with E-state index >= 15 is 0 Å². The van der Waals surface area contributed by atoms with Crippen molar-refractivity contribution in [3.8, 4) is 0 Å². The van der Waals surface area contributed by atoms with Crippen molar-refractivity contribution in [3.05, 3.63) is 24.8 Å². The summed E-state index contributed by atoms with van der Waals surface area (Å²) < 4.78 is 0. The SMILES string of the molecule is c1nnc2ccc3nncnc3c2n1. The van der Waals surface area contributed by atoms with Crippen molar-refractivity contribution >= 4 is 22.1 Å². The fourth-order valence-corrected chi connectivity index (χ4v) is 1.32.